The van der Waals surface area contributed by atoms with E-state index in [4.69, 9.17) is 4.52 Å². The van der Waals surface area contributed by atoms with Gasteiger partial charge in [-0.2, -0.15) is 0 Å². The highest BCUT2D eigenvalue weighted by Gasteiger charge is 2.48. The van der Waals surface area contributed by atoms with Gasteiger partial charge in [0, 0.05) is 5.56 Å². The van der Waals surface area contributed by atoms with Crippen molar-refractivity contribution in [2.45, 2.75) is 20.8 Å². The highest BCUT2D eigenvalue weighted by molar-refractivity contribution is 7.86. The summed E-state index contributed by atoms with van der Waals surface area (Å²) in [6.45, 7) is 7.08. The molecule has 0 heterocycles. The molecule has 0 unspecified atom stereocenters. The van der Waals surface area contributed by atoms with Crippen molar-refractivity contribution in [2.75, 3.05) is 12.8 Å². The molecular weight excluding hydrogens is 363 g/mol. The molecule has 0 spiro atoms. The quantitative estimate of drug-likeness (QED) is 0.392. The molecule has 0 bridgehead atoms. The minimum Gasteiger partial charge on any atom is -0.290 e. The van der Waals surface area contributed by atoms with Gasteiger partial charge in [0.15, 0.2) is 6.16 Å². The van der Waals surface area contributed by atoms with Crippen molar-refractivity contribution >= 4 is 23.9 Å². The molecule has 3 heteroatoms. The third kappa shape index (κ3) is 4.95. The number of rotatable bonds is 7. The van der Waals surface area contributed by atoms with Crippen LogP contribution in [0.1, 0.15) is 31.1 Å². The fourth-order valence-corrected chi connectivity index (χ4v) is 6.64. The standard InChI is InChI=1S/C25H28O2P/c1-25(2,3)20-27-28(22-15-9-5-10-16-22,23-17-11-6-12-18-23)19-24(26)21-13-7-4-8-14-21/h4-18H,19-20H2,1-3H3/q+1. The number of benzene rings is 3. The molecule has 0 fully saturated rings. The van der Waals surface area contributed by atoms with E-state index in [0.29, 0.717) is 12.8 Å². The van der Waals surface area contributed by atoms with Crippen molar-refractivity contribution in [1.29, 1.82) is 0 Å². The third-order valence-electron chi connectivity index (χ3n) is 4.53. The van der Waals surface area contributed by atoms with E-state index in [1.54, 1.807) is 0 Å². The van der Waals surface area contributed by atoms with Crippen LogP contribution in [-0.4, -0.2) is 18.6 Å². The van der Waals surface area contributed by atoms with Gasteiger partial charge in [0.05, 0.1) is 6.61 Å². The Kier molecular flexibility index (Phi) is 6.44. The summed E-state index contributed by atoms with van der Waals surface area (Å²) in [4.78, 5) is 13.3. The van der Waals surface area contributed by atoms with Crippen molar-refractivity contribution in [3.63, 3.8) is 0 Å². The van der Waals surface area contributed by atoms with Gasteiger partial charge in [0.2, 0.25) is 13.3 Å². The van der Waals surface area contributed by atoms with Gasteiger partial charge in [-0.15, -0.1) is 0 Å². The number of carbonyl (C=O) groups excluding carboxylic acids is 1. The normalized spacial score (nSPS) is 12.0. The lowest BCUT2D eigenvalue weighted by Crippen LogP contribution is -2.32. The van der Waals surface area contributed by atoms with E-state index >= 15 is 0 Å². The molecule has 28 heavy (non-hydrogen) atoms. The summed E-state index contributed by atoms with van der Waals surface area (Å²) in [5.74, 6) is 0.121. The first-order valence-electron chi connectivity index (χ1n) is 9.63. The molecular formula is C25H28O2P+. The van der Waals surface area contributed by atoms with Crippen LogP contribution in [0.5, 0.6) is 0 Å². The van der Waals surface area contributed by atoms with Crippen LogP contribution in [0, 0.1) is 5.41 Å². The predicted molar refractivity (Wildman–Crippen MR) is 120 cm³/mol. The third-order valence-corrected chi connectivity index (χ3v) is 8.09. The number of hydrogen-bond donors (Lipinski definition) is 0. The van der Waals surface area contributed by atoms with Crippen molar-refractivity contribution in [3.8, 4) is 0 Å². The number of Topliss-reactive ketones (excluding diaryl/α,β-unsaturated/α-hetero) is 1. The Bertz CT molecular complexity index is 845. The first kappa shape index (κ1) is 20.5. The summed E-state index contributed by atoms with van der Waals surface area (Å²) in [7, 11) is -2.37. The van der Waals surface area contributed by atoms with Gasteiger partial charge >= 0.3 is 0 Å². The maximum absolute atomic E-state index is 13.3. The van der Waals surface area contributed by atoms with Crippen LogP contribution in [0.4, 0.5) is 0 Å². The monoisotopic (exact) mass is 391 g/mol. The van der Waals surface area contributed by atoms with Crippen molar-refractivity contribution in [1.82, 2.24) is 0 Å². The fourth-order valence-electron chi connectivity index (χ4n) is 3.09. The molecule has 0 aliphatic heterocycles. The molecule has 2 nitrogen and oxygen atoms in total. The molecule has 0 N–H and O–H groups in total. The molecule has 3 aromatic rings. The van der Waals surface area contributed by atoms with E-state index in [1.165, 1.54) is 0 Å². The van der Waals surface area contributed by atoms with Crippen molar-refractivity contribution in [2.24, 2.45) is 5.41 Å². The summed E-state index contributed by atoms with van der Waals surface area (Å²) < 4.78 is 6.75. The molecule has 0 saturated heterocycles. The van der Waals surface area contributed by atoms with Gasteiger partial charge in [-0.25, -0.2) is 4.52 Å². The Morgan fingerprint density at radius 2 is 1.18 bits per heavy atom. The minimum absolute atomic E-state index is 0.00457. The van der Waals surface area contributed by atoms with Gasteiger partial charge in [-0.05, 0) is 29.7 Å². The molecule has 144 valence electrons. The van der Waals surface area contributed by atoms with Crippen LogP contribution in [-0.2, 0) is 4.52 Å². The Morgan fingerprint density at radius 1 is 0.750 bits per heavy atom. The minimum atomic E-state index is -2.37. The van der Waals surface area contributed by atoms with Gasteiger partial charge in [-0.3, -0.25) is 4.79 Å². The maximum Gasteiger partial charge on any atom is 0.217 e. The van der Waals surface area contributed by atoms with Crippen molar-refractivity contribution in [3.05, 3.63) is 96.6 Å². The first-order valence-corrected chi connectivity index (χ1v) is 11.5. The molecule has 3 aromatic carbocycles. The number of hydrogen-bond acceptors (Lipinski definition) is 2. The summed E-state index contributed by atoms with van der Waals surface area (Å²) in [5, 5.41) is 2.21. The van der Waals surface area contributed by atoms with Gasteiger partial charge in [0.1, 0.15) is 10.6 Å². The highest BCUT2D eigenvalue weighted by atomic mass is 31.2. The van der Waals surface area contributed by atoms with E-state index in [9.17, 15) is 4.79 Å². The van der Waals surface area contributed by atoms with Gasteiger partial charge in [0.25, 0.3) is 0 Å². The Morgan fingerprint density at radius 3 is 1.61 bits per heavy atom. The van der Waals surface area contributed by atoms with E-state index in [2.05, 4.69) is 45.0 Å². The van der Waals surface area contributed by atoms with E-state index in [-0.39, 0.29) is 11.2 Å². The van der Waals surface area contributed by atoms with Crippen LogP contribution < -0.4 is 10.6 Å². The van der Waals surface area contributed by atoms with Crippen LogP contribution in [0.3, 0.4) is 0 Å². The zero-order chi connectivity index (χ0) is 20.0. The summed E-state index contributed by atoms with van der Waals surface area (Å²) >= 11 is 0. The Balaban J connectivity index is 2.10. The molecule has 3 rings (SSSR count). The lowest BCUT2D eigenvalue weighted by molar-refractivity contribution is 0.101. The van der Waals surface area contributed by atoms with Gasteiger partial charge < -0.3 is 0 Å². The van der Waals surface area contributed by atoms with Crippen LogP contribution in [0.25, 0.3) is 0 Å². The predicted octanol–water partition coefficient (Wildman–Crippen LogP) is 5.52. The van der Waals surface area contributed by atoms with E-state index in [1.807, 2.05) is 66.7 Å². The summed E-state index contributed by atoms with van der Waals surface area (Å²) in [6, 6.07) is 30.0. The number of ketones is 1. The molecule has 0 radical (unpaired) electrons. The molecule has 0 atom stereocenters. The average Bonchev–Trinajstić information content (AvgIpc) is 2.72. The Labute approximate surface area is 169 Å². The summed E-state index contributed by atoms with van der Waals surface area (Å²) in [6.07, 6.45) is 0.362. The van der Waals surface area contributed by atoms with E-state index < -0.39 is 7.49 Å². The fraction of sp³-hybridized carbons (Fsp3) is 0.240. The zero-order valence-electron chi connectivity index (χ0n) is 16.8. The smallest absolute Gasteiger partial charge is 0.217 e. The topological polar surface area (TPSA) is 26.3 Å². The summed E-state index contributed by atoms with van der Waals surface area (Å²) in [5.41, 5.74) is 0.739. The molecule has 0 saturated carbocycles. The molecule has 0 aliphatic rings. The number of carbonyl (C=O) groups is 1. The SMILES string of the molecule is CC(C)(C)CO[P+](CC(=O)c1ccccc1)(c1ccccc1)c1ccccc1. The zero-order valence-corrected chi connectivity index (χ0v) is 17.7. The van der Waals surface area contributed by atoms with Crippen LogP contribution in [0.15, 0.2) is 91.0 Å². The molecule has 0 aromatic heterocycles. The average molecular weight is 391 g/mol. The second-order valence-corrected chi connectivity index (χ2v) is 11.3. The second kappa shape index (κ2) is 8.82. The maximum atomic E-state index is 13.3. The highest BCUT2D eigenvalue weighted by Crippen LogP contribution is 2.58. The Hall–Kier alpha value is -2.28. The lowest BCUT2D eigenvalue weighted by Gasteiger charge is -2.28. The second-order valence-electron chi connectivity index (χ2n) is 8.19. The van der Waals surface area contributed by atoms with Crippen molar-refractivity contribution < 1.29 is 9.32 Å². The molecule has 0 amide bonds. The lowest BCUT2D eigenvalue weighted by atomic mass is 9.99. The van der Waals surface area contributed by atoms with Crippen LogP contribution in [0.2, 0.25) is 0 Å². The van der Waals surface area contributed by atoms with Crippen LogP contribution >= 0.6 is 7.49 Å². The first-order chi connectivity index (χ1) is 13.4. The molecule has 0 aliphatic carbocycles. The van der Waals surface area contributed by atoms with Gasteiger partial charge in [-0.1, -0.05) is 87.5 Å². The largest absolute Gasteiger partial charge is 0.290 e. The van der Waals surface area contributed by atoms with E-state index in [0.717, 1.165) is 16.2 Å².